The summed E-state index contributed by atoms with van der Waals surface area (Å²) in [5.74, 6) is -0.596. The summed E-state index contributed by atoms with van der Waals surface area (Å²) >= 11 is 12.0. The van der Waals surface area contributed by atoms with Gasteiger partial charge in [-0.1, -0.05) is 23.2 Å². The van der Waals surface area contributed by atoms with Gasteiger partial charge < -0.3 is 10.1 Å². The van der Waals surface area contributed by atoms with Gasteiger partial charge in [-0.25, -0.2) is 9.59 Å². The summed E-state index contributed by atoms with van der Waals surface area (Å²) in [5.41, 5.74) is 1.46. The molecular formula is C15H10Cl2N2O3. The molecule has 2 aromatic rings. The number of carbonyl (C=O) groups is 1. The molecule has 0 saturated heterocycles. The number of hydrogen-bond donors (Lipinski definition) is 1. The normalized spacial score (nSPS) is 9.77. The highest BCUT2D eigenvalue weighted by atomic mass is 35.5. The molecule has 0 atom stereocenters. The molecule has 7 heteroatoms. The fraction of sp³-hybridized carbons (Fsp3) is 0.0667. The van der Waals surface area contributed by atoms with E-state index in [2.05, 4.69) is 15.0 Å². The van der Waals surface area contributed by atoms with Crippen LogP contribution >= 0.6 is 23.2 Å². The Balaban J connectivity index is 2.40. The van der Waals surface area contributed by atoms with Crippen LogP contribution in [0.15, 0.2) is 41.4 Å². The summed E-state index contributed by atoms with van der Waals surface area (Å²) in [4.78, 5) is 25.6. The number of nitrogens with zero attached hydrogens (tertiary/aromatic N) is 1. The largest absolute Gasteiger partial charge is 0.465 e. The van der Waals surface area contributed by atoms with Gasteiger partial charge >= 0.3 is 5.97 Å². The van der Waals surface area contributed by atoms with Gasteiger partial charge in [0.25, 0.3) is 0 Å². The zero-order valence-corrected chi connectivity index (χ0v) is 12.9. The second-order valence-electron chi connectivity index (χ2n) is 4.18. The molecule has 0 spiro atoms. The van der Waals surface area contributed by atoms with Crippen LogP contribution in [0.4, 0.5) is 17.1 Å². The summed E-state index contributed by atoms with van der Waals surface area (Å²) in [5, 5.41) is 4.03. The predicted molar refractivity (Wildman–Crippen MR) is 85.3 cm³/mol. The van der Waals surface area contributed by atoms with E-state index in [4.69, 9.17) is 23.2 Å². The average Bonchev–Trinajstić information content (AvgIpc) is 2.51. The molecule has 0 unspecified atom stereocenters. The van der Waals surface area contributed by atoms with Gasteiger partial charge in [0, 0.05) is 10.7 Å². The van der Waals surface area contributed by atoms with Crippen molar-refractivity contribution in [1.82, 2.24) is 0 Å². The summed E-state index contributed by atoms with van der Waals surface area (Å²) in [6, 6.07) is 9.60. The SMILES string of the molecule is COC(=O)c1ccc(Nc2cc(Cl)ccc2Cl)cc1N=C=O. The van der Waals surface area contributed by atoms with Crippen LogP contribution in [-0.4, -0.2) is 19.2 Å². The highest BCUT2D eigenvalue weighted by Gasteiger charge is 2.13. The smallest absolute Gasteiger partial charge is 0.340 e. The van der Waals surface area contributed by atoms with Crippen LogP contribution in [0.25, 0.3) is 0 Å². The van der Waals surface area contributed by atoms with Crippen LogP contribution in [0.2, 0.25) is 10.0 Å². The zero-order chi connectivity index (χ0) is 16.1. The number of esters is 1. The Morgan fingerprint density at radius 3 is 2.68 bits per heavy atom. The van der Waals surface area contributed by atoms with Crippen LogP contribution in [-0.2, 0) is 9.53 Å². The van der Waals surface area contributed by atoms with Crippen LogP contribution in [0.5, 0.6) is 0 Å². The molecule has 0 fully saturated rings. The summed E-state index contributed by atoms with van der Waals surface area (Å²) in [7, 11) is 1.24. The average molecular weight is 337 g/mol. The van der Waals surface area contributed by atoms with E-state index in [0.717, 1.165) is 0 Å². The molecule has 0 heterocycles. The van der Waals surface area contributed by atoms with Gasteiger partial charge in [-0.15, -0.1) is 0 Å². The maximum Gasteiger partial charge on any atom is 0.340 e. The molecule has 112 valence electrons. The number of methoxy groups -OCH3 is 1. The van der Waals surface area contributed by atoms with Crippen molar-refractivity contribution in [1.29, 1.82) is 0 Å². The topological polar surface area (TPSA) is 67.8 Å². The number of hydrogen-bond acceptors (Lipinski definition) is 5. The Labute approximate surface area is 136 Å². The number of isocyanates is 1. The van der Waals surface area contributed by atoms with E-state index >= 15 is 0 Å². The monoisotopic (exact) mass is 336 g/mol. The third-order valence-electron chi connectivity index (χ3n) is 2.78. The number of ether oxygens (including phenoxy) is 1. The standard InChI is InChI=1S/C15H10Cl2N2O3/c1-22-15(21)11-4-3-10(7-13(11)18-8-20)19-14-6-9(16)2-5-12(14)17/h2-7,19H,1H3. The zero-order valence-electron chi connectivity index (χ0n) is 11.4. The maximum atomic E-state index is 11.6. The Morgan fingerprint density at radius 1 is 1.23 bits per heavy atom. The van der Waals surface area contributed by atoms with Gasteiger partial charge in [0.15, 0.2) is 0 Å². The first-order valence-electron chi connectivity index (χ1n) is 6.07. The summed E-state index contributed by atoms with van der Waals surface area (Å²) < 4.78 is 4.63. The third-order valence-corrected chi connectivity index (χ3v) is 3.34. The van der Waals surface area contributed by atoms with E-state index in [9.17, 15) is 9.59 Å². The molecule has 0 aliphatic heterocycles. The minimum Gasteiger partial charge on any atom is -0.465 e. The number of carbonyl (C=O) groups excluding carboxylic acids is 2. The van der Waals surface area contributed by atoms with E-state index in [1.54, 1.807) is 24.3 Å². The fourth-order valence-electron chi connectivity index (χ4n) is 1.78. The van der Waals surface area contributed by atoms with Crippen LogP contribution < -0.4 is 5.32 Å². The lowest BCUT2D eigenvalue weighted by molar-refractivity contribution is 0.0602. The molecule has 22 heavy (non-hydrogen) atoms. The number of nitrogens with one attached hydrogen (secondary N) is 1. The summed E-state index contributed by atoms with van der Waals surface area (Å²) in [6.45, 7) is 0. The second-order valence-corrected chi connectivity index (χ2v) is 5.02. The second kappa shape index (κ2) is 7.09. The lowest BCUT2D eigenvalue weighted by Gasteiger charge is -2.10. The molecular weight excluding hydrogens is 327 g/mol. The Kier molecular flexibility index (Phi) is 5.17. The minimum atomic E-state index is -0.596. The lowest BCUT2D eigenvalue weighted by Crippen LogP contribution is -2.02. The van der Waals surface area contributed by atoms with Crippen molar-refractivity contribution in [2.24, 2.45) is 4.99 Å². The first-order chi connectivity index (χ1) is 10.5. The quantitative estimate of drug-likeness (QED) is 0.507. The predicted octanol–water partition coefficient (Wildman–Crippen LogP) is 4.49. The molecule has 0 radical (unpaired) electrons. The van der Waals surface area contributed by atoms with Gasteiger partial charge in [-0.05, 0) is 36.4 Å². The molecule has 0 aliphatic rings. The molecule has 0 bridgehead atoms. The van der Waals surface area contributed by atoms with Gasteiger partial charge in [-0.2, -0.15) is 4.99 Å². The van der Waals surface area contributed by atoms with Crippen molar-refractivity contribution in [2.75, 3.05) is 12.4 Å². The van der Waals surface area contributed by atoms with Crippen molar-refractivity contribution >= 4 is 52.3 Å². The van der Waals surface area contributed by atoms with E-state index in [0.29, 0.717) is 21.4 Å². The number of halogens is 2. The third kappa shape index (κ3) is 3.65. The van der Waals surface area contributed by atoms with Crippen molar-refractivity contribution in [3.8, 4) is 0 Å². The van der Waals surface area contributed by atoms with Crippen molar-refractivity contribution in [2.45, 2.75) is 0 Å². The van der Waals surface area contributed by atoms with Crippen molar-refractivity contribution in [3.63, 3.8) is 0 Å². The Bertz CT molecular complexity index is 771. The highest BCUT2D eigenvalue weighted by Crippen LogP contribution is 2.31. The first kappa shape index (κ1) is 16.0. The van der Waals surface area contributed by atoms with Gasteiger partial charge in [0.1, 0.15) is 0 Å². The Hall–Kier alpha value is -2.33. The number of rotatable bonds is 4. The van der Waals surface area contributed by atoms with Crippen LogP contribution in [0.3, 0.4) is 0 Å². The molecule has 0 saturated carbocycles. The highest BCUT2D eigenvalue weighted by molar-refractivity contribution is 6.35. The van der Waals surface area contributed by atoms with E-state index in [1.165, 1.54) is 25.3 Å². The first-order valence-corrected chi connectivity index (χ1v) is 6.83. The number of aliphatic imine (C=N–C) groups is 1. The molecule has 1 N–H and O–H groups in total. The fourth-order valence-corrected chi connectivity index (χ4v) is 2.12. The van der Waals surface area contributed by atoms with Crippen LogP contribution in [0, 0.1) is 0 Å². The van der Waals surface area contributed by atoms with E-state index in [1.807, 2.05) is 0 Å². The number of anilines is 2. The van der Waals surface area contributed by atoms with Gasteiger partial charge in [0.05, 0.1) is 29.1 Å². The number of benzene rings is 2. The van der Waals surface area contributed by atoms with Crippen molar-refractivity contribution in [3.05, 3.63) is 52.0 Å². The lowest BCUT2D eigenvalue weighted by atomic mass is 10.1. The van der Waals surface area contributed by atoms with Crippen LogP contribution in [0.1, 0.15) is 10.4 Å². The van der Waals surface area contributed by atoms with E-state index < -0.39 is 5.97 Å². The van der Waals surface area contributed by atoms with E-state index in [-0.39, 0.29) is 11.3 Å². The molecule has 2 rings (SSSR count). The van der Waals surface area contributed by atoms with Crippen molar-refractivity contribution < 1.29 is 14.3 Å². The Morgan fingerprint density at radius 2 is 2.00 bits per heavy atom. The summed E-state index contributed by atoms with van der Waals surface area (Å²) in [6.07, 6.45) is 1.41. The van der Waals surface area contributed by atoms with Gasteiger partial charge in [0.2, 0.25) is 6.08 Å². The molecule has 0 aliphatic carbocycles. The molecule has 0 aromatic heterocycles. The maximum absolute atomic E-state index is 11.6. The molecule has 0 amide bonds. The molecule has 2 aromatic carbocycles. The minimum absolute atomic E-state index is 0.144. The van der Waals surface area contributed by atoms with Gasteiger partial charge in [-0.3, -0.25) is 0 Å². The molecule has 5 nitrogen and oxygen atoms in total.